The molecule has 1 aromatic heterocycles. The number of aliphatic imine (C=N–C) groups is 1. The lowest BCUT2D eigenvalue weighted by Gasteiger charge is -2.10. The Balaban J connectivity index is 1.86. The summed E-state index contributed by atoms with van der Waals surface area (Å²) in [5, 5.41) is 11.4. The van der Waals surface area contributed by atoms with Crippen molar-refractivity contribution in [3.05, 3.63) is 42.0 Å². The van der Waals surface area contributed by atoms with Gasteiger partial charge >= 0.3 is 0 Å². The molecule has 0 amide bonds. The van der Waals surface area contributed by atoms with Crippen molar-refractivity contribution in [1.82, 2.24) is 9.88 Å². The maximum atomic E-state index is 10.6. The van der Waals surface area contributed by atoms with Crippen LogP contribution in [0.2, 0.25) is 0 Å². The summed E-state index contributed by atoms with van der Waals surface area (Å²) in [6, 6.07) is 11.4. The van der Waals surface area contributed by atoms with Crippen molar-refractivity contribution < 1.29 is 19.3 Å². The van der Waals surface area contributed by atoms with Crippen LogP contribution in [0.4, 0.5) is 5.69 Å². The molecule has 0 bridgehead atoms. The molecular weight excluding hydrogens is 394 g/mol. The Labute approximate surface area is 183 Å². The number of nitrogens with one attached hydrogen (secondary N) is 1. The van der Waals surface area contributed by atoms with E-state index in [2.05, 4.69) is 24.0 Å². The molecule has 2 aromatic carbocycles. The molecular formula is C24H31N3O4. The van der Waals surface area contributed by atoms with Crippen LogP contribution in [0.3, 0.4) is 0 Å². The Bertz CT molecular complexity index is 1040. The highest BCUT2D eigenvalue weighted by Crippen LogP contribution is 2.37. The zero-order chi connectivity index (χ0) is 22.4. The second-order valence-corrected chi connectivity index (χ2v) is 7.51. The van der Waals surface area contributed by atoms with Gasteiger partial charge in [0, 0.05) is 18.0 Å². The molecule has 0 spiro atoms. The minimum atomic E-state index is 0.0757. The van der Waals surface area contributed by atoms with E-state index in [0.717, 1.165) is 41.0 Å². The zero-order valence-electron chi connectivity index (χ0n) is 18.9. The quantitative estimate of drug-likeness (QED) is 0.362. The predicted molar refractivity (Wildman–Crippen MR) is 125 cm³/mol. The topological polar surface area (TPSA) is 79.3 Å². The van der Waals surface area contributed by atoms with Crippen molar-refractivity contribution >= 4 is 22.3 Å². The fourth-order valence-corrected chi connectivity index (χ4v) is 3.45. The molecule has 0 radical (unpaired) electrons. The summed E-state index contributed by atoms with van der Waals surface area (Å²) in [6.45, 7) is 3.68. The maximum absolute atomic E-state index is 10.6. The number of nitrogens with zero attached hydrogens (tertiary/aromatic N) is 2. The summed E-state index contributed by atoms with van der Waals surface area (Å²) in [4.78, 5) is 9.94. The Kier molecular flexibility index (Phi) is 7.41. The third-order valence-electron chi connectivity index (χ3n) is 5.03. The first kappa shape index (κ1) is 22.5. The Hall–Kier alpha value is -3.19. The van der Waals surface area contributed by atoms with Crippen molar-refractivity contribution in [2.45, 2.75) is 19.8 Å². The van der Waals surface area contributed by atoms with Gasteiger partial charge in [-0.05, 0) is 57.3 Å². The Morgan fingerprint density at radius 3 is 2.35 bits per heavy atom. The smallest absolute Gasteiger partial charge is 0.198 e. The molecule has 1 heterocycles. The van der Waals surface area contributed by atoms with Crippen LogP contribution in [0, 0.1) is 0 Å². The van der Waals surface area contributed by atoms with E-state index in [9.17, 15) is 5.11 Å². The highest BCUT2D eigenvalue weighted by molar-refractivity contribution is 6.14. The number of hydrogen-bond acceptors (Lipinski definition) is 6. The highest BCUT2D eigenvalue weighted by Gasteiger charge is 2.18. The number of aromatic amines is 1. The van der Waals surface area contributed by atoms with Crippen molar-refractivity contribution in [3.8, 4) is 23.1 Å². The van der Waals surface area contributed by atoms with Crippen LogP contribution in [0.1, 0.15) is 25.3 Å². The standard InChI is InChI=1S/C24H31N3O4/c1-6-19(25-16-8-10-17(11-9-16)31-13-7-12-27(2)3)23-18-14-21(29-4)22(30-5)15-20(18)26-24(23)28/h8-11,14-15,26,28H,6-7,12-13H2,1-5H3. The number of hydrogen-bond donors (Lipinski definition) is 2. The van der Waals surface area contributed by atoms with E-state index in [-0.39, 0.29) is 5.88 Å². The van der Waals surface area contributed by atoms with E-state index in [1.807, 2.05) is 43.3 Å². The van der Waals surface area contributed by atoms with Gasteiger partial charge in [-0.25, -0.2) is 0 Å². The second-order valence-electron chi connectivity index (χ2n) is 7.51. The van der Waals surface area contributed by atoms with E-state index in [1.54, 1.807) is 14.2 Å². The first-order valence-corrected chi connectivity index (χ1v) is 10.4. The first-order valence-electron chi connectivity index (χ1n) is 10.4. The molecule has 2 N–H and O–H groups in total. The molecule has 0 aliphatic carbocycles. The highest BCUT2D eigenvalue weighted by atomic mass is 16.5. The summed E-state index contributed by atoms with van der Waals surface area (Å²) >= 11 is 0. The molecule has 166 valence electrons. The van der Waals surface area contributed by atoms with Crippen LogP contribution in [-0.2, 0) is 0 Å². The van der Waals surface area contributed by atoms with Crippen LogP contribution in [0.25, 0.3) is 10.9 Å². The lowest BCUT2D eigenvalue weighted by Crippen LogP contribution is -2.15. The third kappa shape index (κ3) is 5.30. The average molecular weight is 426 g/mol. The molecule has 7 heteroatoms. The van der Waals surface area contributed by atoms with E-state index in [0.29, 0.717) is 30.1 Å². The normalized spacial score (nSPS) is 11.9. The number of ether oxygens (including phenoxy) is 3. The summed E-state index contributed by atoms with van der Waals surface area (Å²) < 4.78 is 16.6. The number of H-pyrrole nitrogens is 1. The molecule has 31 heavy (non-hydrogen) atoms. The van der Waals surface area contributed by atoms with Gasteiger partial charge in [0.25, 0.3) is 0 Å². The monoisotopic (exact) mass is 425 g/mol. The number of rotatable bonds is 10. The fourth-order valence-electron chi connectivity index (χ4n) is 3.45. The largest absolute Gasteiger partial charge is 0.494 e. The molecule has 0 aliphatic rings. The van der Waals surface area contributed by atoms with Crippen LogP contribution in [0.15, 0.2) is 41.4 Å². The predicted octanol–water partition coefficient (Wildman–Crippen LogP) is 4.75. The number of fused-ring (bicyclic) bond motifs is 1. The first-order chi connectivity index (χ1) is 15.0. The molecule has 0 saturated heterocycles. The Morgan fingerprint density at radius 2 is 1.74 bits per heavy atom. The van der Waals surface area contributed by atoms with Gasteiger partial charge < -0.3 is 29.2 Å². The van der Waals surface area contributed by atoms with Gasteiger partial charge in [-0.1, -0.05) is 6.92 Å². The third-order valence-corrected chi connectivity index (χ3v) is 5.03. The van der Waals surface area contributed by atoms with Gasteiger partial charge in [-0.3, -0.25) is 4.99 Å². The van der Waals surface area contributed by atoms with Crippen molar-refractivity contribution in [3.63, 3.8) is 0 Å². The molecule has 3 aromatic rings. The van der Waals surface area contributed by atoms with E-state index < -0.39 is 0 Å². The second kappa shape index (κ2) is 10.2. The maximum Gasteiger partial charge on any atom is 0.198 e. The van der Waals surface area contributed by atoms with Crippen LogP contribution in [0.5, 0.6) is 23.1 Å². The molecule has 0 unspecified atom stereocenters. The summed E-state index contributed by atoms with van der Waals surface area (Å²) in [6.07, 6.45) is 1.62. The van der Waals surface area contributed by atoms with Gasteiger partial charge in [0.05, 0.1) is 43.3 Å². The van der Waals surface area contributed by atoms with Gasteiger partial charge in [0.1, 0.15) is 5.75 Å². The van der Waals surface area contributed by atoms with Gasteiger partial charge in [0.2, 0.25) is 0 Å². The van der Waals surface area contributed by atoms with Crippen LogP contribution < -0.4 is 14.2 Å². The number of aromatic nitrogens is 1. The van der Waals surface area contributed by atoms with Crippen LogP contribution in [-0.4, -0.2) is 62.2 Å². The van der Waals surface area contributed by atoms with Crippen LogP contribution >= 0.6 is 0 Å². The van der Waals surface area contributed by atoms with Gasteiger partial charge in [-0.2, -0.15) is 0 Å². The van der Waals surface area contributed by atoms with Crippen molar-refractivity contribution in [2.24, 2.45) is 4.99 Å². The van der Waals surface area contributed by atoms with Crippen molar-refractivity contribution in [1.29, 1.82) is 0 Å². The van der Waals surface area contributed by atoms with Crippen molar-refractivity contribution in [2.75, 3.05) is 41.5 Å². The van der Waals surface area contributed by atoms with E-state index in [4.69, 9.17) is 19.2 Å². The SMILES string of the molecule is CCC(=Nc1ccc(OCCCN(C)C)cc1)c1c(O)[nH]c2cc(OC)c(OC)cc12. The van der Waals surface area contributed by atoms with Gasteiger partial charge in [-0.15, -0.1) is 0 Å². The fraction of sp³-hybridized carbons (Fsp3) is 0.375. The number of methoxy groups -OCH3 is 2. The lowest BCUT2D eigenvalue weighted by atomic mass is 10.1. The van der Waals surface area contributed by atoms with E-state index >= 15 is 0 Å². The lowest BCUT2D eigenvalue weighted by molar-refractivity contribution is 0.281. The van der Waals surface area contributed by atoms with E-state index in [1.165, 1.54) is 0 Å². The molecule has 0 fully saturated rings. The summed E-state index contributed by atoms with van der Waals surface area (Å²) in [5.41, 5.74) is 3.00. The molecule has 0 saturated carbocycles. The molecule has 7 nitrogen and oxygen atoms in total. The molecule has 0 atom stereocenters. The number of aromatic hydroxyl groups is 1. The zero-order valence-corrected chi connectivity index (χ0v) is 18.9. The van der Waals surface area contributed by atoms with Gasteiger partial charge in [0.15, 0.2) is 17.4 Å². The Morgan fingerprint density at radius 1 is 1.06 bits per heavy atom. The molecule has 0 aliphatic heterocycles. The minimum absolute atomic E-state index is 0.0757. The minimum Gasteiger partial charge on any atom is -0.494 e. The molecule has 3 rings (SSSR count). The summed E-state index contributed by atoms with van der Waals surface area (Å²) in [7, 11) is 7.28. The average Bonchev–Trinajstić information content (AvgIpc) is 3.09. The number of benzene rings is 2. The summed E-state index contributed by atoms with van der Waals surface area (Å²) in [5.74, 6) is 2.09.